The van der Waals surface area contributed by atoms with Crippen LogP contribution in [0.5, 0.6) is 0 Å². The van der Waals surface area contributed by atoms with Gasteiger partial charge in [0.05, 0.1) is 6.04 Å². The van der Waals surface area contributed by atoms with Crippen LogP contribution in [-0.2, 0) is 12.8 Å². The summed E-state index contributed by atoms with van der Waals surface area (Å²) in [6.07, 6.45) is 5.94. The van der Waals surface area contributed by atoms with E-state index in [1.54, 1.807) is 0 Å². The number of rotatable bonds is 1. The normalized spacial score (nSPS) is 15.9. The van der Waals surface area contributed by atoms with Gasteiger partial charge in [-0.25, -0.2) is 9.55 Å². The van der Waals surface area contributed by atoms with Gasteiger partial charge < -0.3 is 0 Å². The summed E-state index contributed by atoms with van der Waals surface area (Å²) >= 11 is 0. The molecule has 0 amide bonds. The van der Waals surface area contributed by atoms with Gasteiger partial charge in [0.15, 0.2) is 0 Å². The third kappa shape index (κ3) is 0.971. The lowest BCUT2D eigenvalue weighted by Crippen LogP contribution is -2.37. The molecule has 11 heavy (non-hydrogen) atoms. The molecular formula is C9H15N2+. The molecule has 1 aromatic heterocycles. The van der Waals surface area contributed by atoms with Crippen molar-refractivity contribution < 1.29 is 4.57 Å². The van der Waals surface area contributed by atoms with Gasteiger partial charge in [0, 0.05) is 12.8 Å². The first-order chi connectivity index (χ1) is 5.29. The molecule has 0 unspecified atom stereocenters. The Hall–Kier alpha value is -0.790. The van der Waals surface area contributed by atoms with E-state index >= 15 is 0 Å². The van der Waals surface area contributed by atoms with Crippen LogP contribution in [0.25, 0.3) is 0 Å². The second-order valence-electron chi connectivity index (χ2n) is 3.55. The molecule has 0 aromatic carbocycles. The number of nitrogens with zero attached hydrogens (tertiary/aromatic N) is 1. The van der Waals surface area contributed by atoms with Crippen molar-refractivity contribution in [2.45, 2.75) is 39.2 Å². The molecule has 0 saturated heterocycles. The fourth-order valence-electron chi connectivity index (χ4n) is 1.85. The van der Waals surface area contributed by atoms with E-state index in [-0.39, 0.29) is 0 Å². The molecule has 0 spiro atoms. The standard InChI is InChI=1S/C9H14N2/c1-7(2)11-6-10-8-4-3-5-9(8)11/h6-7H,3-5H2,1-2H3/p+1. The molecular weight excluding hydrogens is 136 g/mol. The Bertz CT molecular complexity index is 261. The van der Waals surface area contributed by atoms with Gasteiger partial charge in [0.2, 0.25) is 6.33 Å². The quantitative estimate of drug-likeness (QED) is 0.585. The minimum Gasteiger partial charge on any atom is -0.247 e. The smallest absolute Gasteiger partial charge is 0.242 e. The topological polar surface area (TPSA) is 19.7 Å². The molecule has 1 N–H and O–H groups in total. The number of aromatic amines is 1. The number of H-pyrrole nitrogens is 1. The van der Waals surface area contributed by atoms with E-state index in [1.807, 2.05) is 0 Å². The van der Waals surface area contributed by atoms with Crippen LogP contribution in [0, 0.1) is 0 Å². The zero-order valence-corrected chi connectivity index (χ0v) is 7.22. The molecule has 0 bridgehead atoms. The number of nitrogens with one attached hydrogen (secondary N) is 1. The Labute approximate surface area is 67.3 Å². The van der Waals surface area contributed by atoms with E-state index in [0.29, 0.717) is 6.04 Å². The summed E-state index contributed by atoms with van der Waals surface area (Å²) in [7, 11) is 0. The summed E-state index contributed by atoms with van der Waals surface area (Å²) in [6.45, 7) is 4.46. The van der Waals surface area contributed by atoms with Gasteiger partial charge in [-0.2, -0.15) is 0 Å². The van der Waals surface area contributed by atoms with Gasteiger partial charge in [0.25, 0.3) is 0 Å². The van der Waals surface area contributed by atoms with Gasteiger partial charge in [-0.3, -0.25) is 0 Å². The van der Waals surface area contributed by atoms with E-state index in [0.717, 1.165) is 0 Å². The molecule has 2 nitrogen and oxygen atoms in total. The molecule has 0 aliphatic heterocycles. The van der Waals surface area contributed by atoms with Gasteiger partial charge in [-0.15, -0.1) is 0 Å². The number of hydrogen-bond acceptors (Lipinski definition) is 0. The van der Waals surface area contributed by atoms with Crippen LogP contribution < -0.4 is 4.57 Å². The van der Waals surface area contributed by atoms with E-state index in [4.69, 9.17) is 0 Å². The van der Waals surface area contributed by atoms with E-state index in [2.05, 4.69) is 29.7 Å². The summed E-state index contributed by atoms with van der Waals surface area (Å²) < 4.78 is 2.35. The fraction of sp³-hybridized carbons (Fsp3) is 0.667. The highest BCUT2D eigenvalue weighted by atomic mass is 15.1. The summed E-state index contributed by atoms with van der Waals surface area (Å²) in [4.78, 5) is 3.33. The number of aryl methyl sites for hydroxylation is 1. The van der Waals surface area contributed by atoms with E-state index in [1.165, 1.54) is 30.7 Å². The van der Waals surface area contributed by atoms with Crippen molar-refractivity contribution in [2.75, 3.05) is 0 Å². The van der Waals surface area contributed by atoms with Crippen LogP contribution in [0.2, 0.25) is 0 Å². The Morgan fingerprint density at radius 2 is 2.27 bits per heavy atom. The third-order valence-electron chi connectivity index (χ3n) is 2.43. The Balaban J connectivity index is 2.42. The monoisotopic (exact) mass is 151 g/mol. The van der Waals surface area contributed by atoms with Gasteiger partial charge >= 0.3 is 0 Å². The number of hydrogen-bond donors (Lipinski definition) is 1. The lowest BCUT2D eigenvalue weighted by molar-refractivity contribution is -0.721. The van der Waals surface area contributed by atoms with Crippen molar-refractivity contribution in [3.05, 3.63) is 17.7 Å². The van der Waals surface area contributed by atoms with Gasteiger partial charge in [-0.1, -0.05) is 0 Å². The van der Waals surface area contributed by atoms with Crippen LogP contribution in [0.15, 0.2) is 6.33 Å². The summed E-state index contributed by atoms with van der Waals surface area (Å²) in [5.41, 5.74) is 2.98. The molecule has 2 heteroatoms. The number of aromatic nitrogens is 2. The van der Waals surface area contributed by atoms with Crippen molar-refractivity contribution in [3.8, 4) is 0 Å². The molecule has 60 valence electrons. The maximum absolute atomic E-state index is 3.33. The lowest BCUT2D eigenvalue weighted by Gasteiger charge is -2.01. The summed E-state index contributed by atoms with van der Waals surface area (Å²) in [6, 6.07) is 0.605. The predicted octanol–water partition coefficient (Wildman–Crippen LogP) is 1.37. The zero-order chi connectivity index (χ0) is 7.84. The van der Waals surface area contributed by atoms with E-state index in [9.17, 15) is 0 Å². The number of imidazole rings is 1. The van der Waals surface area contributed by atoms with Crippen LogP contribution in [0.1, 0.15) is 37.7 Å². The van der Waals surface area contributed by atoms with Gasteiger partial charge in [0.1, 0.15) is 11.4 Å². The average molecular weight is 151 g/mol. The maximum Gasteiger partial charge on any atom is 0.242 e. The second kappa shape index (κ2) is 2.36. The van der Waals surface area contributed by atoms with Crippen LogP contribution in [-0.4, -0.2) is 4.98 Å². The number of fused-ring (bicyclic) bond motifs is 1. The zero-order valence-electron chi connectivity index (χ0n) is 7.22. The minimum atomic E-state index is 0.605. The largest absolute Gasteiger partial charge is 0.247 e. The second-order valence-corrected chi connectivity index (χ2v) is 3.55. The molecule has 1 aromatic rings. The molecule has 1 heterocycles. The fourth-order valence-corrected chi connectivity index (χ4v) is 1.85. The van der Waals surface area contributed by atoms with E-state index < -0.39 is 0 Å². The Morgan fingerprint density at radius 1 is 1.45 bits per heavy atom. The summed E-state index contributed by atoms with van der Waals surface area (Å²) in [5, 5.41) is 0. The minimum absolute atomic E-state index is 0.605. The highest BCUT2D eigenvalue weighted by Gasteiger charge is 2.23. The Morgan fingerprint density at radius 3 is 3.00 bits per heavy atom. The van der Waals surface area contributed by atoms with Crippen molar-refractivity contribution in [1.29, 1.82) is 0 Å². The lowest BCUT2D eigenvalue weighted by atomic mass is 10.3. The SMILES string of the molecule is CC(C)[n+]1c[nH]c2c1CCC2. The first-order valence-electron chi connectivity index (χ1n) is 4.39. The van der Waals surface area contributed by atoms with Gasteiger partial charge in [-0.05, 0) is 20.3 Å². The molecule has 0 saturated carbocycles. The van der Waals surface area contributed by atoms with Crippen LogP contribution in [0.3, 0.4) is 0 Å². The molecule has 2 rings (SSSR count). The van der Waals surface area contributed by atoms with Crippen molar-refractivity contribution in [2.24, 2.45) is 0 Å². The maximum atomic E-state index is 3.33. The molecule has 0 radical (unpaired) electrons. The van der Waals surface area contributed by atoms with Crippen LogP contribution in [0.4, 0.5) is 0 Å². The van der Waals surface area contributed by atoms with Crippen molar-refractivity contribution >= 4 is 0 Å². The average Bonchev–Trinajstić information content (AvgIpc) is 2.41. The molecule has 1 aliphatic rings. The molecule has 1 aliphatic carbocycles. The third-order valence-corrected chi connectivity index (χ3v) is 2.43. The highest BCUT2D eigenvalue weighted by molar-refractivity contribution is 5.11. The summed E-state index contributed by atoms with van der Waals surface area (Å²) in [5.74, 6) is 0. The van der Waals surface area contributed by atoms with Crippen LogP contribution >= 0.6 is 0 Å². The molecule has 0 fully saturated rings. The Kier molecular flexibility index (Phi) is 1.48. The van der Waals surface area contributed by atoms with Crippen molar-refractivity contribution in [3.63, 3.8) is 0 Å². The highest BCUT2D eigenvalue weighted by Crippen LogP contribution is 2.16. The predicted molar refractivity (Wildman–Crippen MR) is 43.4 cm³/mol. The van der Waals surface area contributed by atoms with Crippen molar-refractivity contribution in [1.82, 2.24) is 4.98 Å². The first kappa shape index (κ1) is 6.89. The first-order valence-corrected chi connectivity index (χ1v) is 4.39. The molecule has 0 atom stereocenters.